The number of furan rings is 1. The number of nitrogens with one attached hydrogen (secondary N) is 2. The number of amides is 3. The summed E-state index contributed by atoms with van der Waals surface area (Å²) in [5.41, 5.74) is 3.91. The average molecular weight is 636 g/mol. The molecule has 0 fully saturated rings. The van der Waals surface area contributed by atoms with Crippen molar-refractivity contribution in [1.82, 2.24) is 15.5 Å². The summed E-state index contributed by atoms with van der Waals surface area (Å²) in [6.07, 6.45) is -1.07. The minimum atomic E-state index is -1.07. The number of hydrogen-bond acceptors (Lipinski definition) is 6. The molecule has 0 aliphatic carbocycles. The van der Waals surface area contributed by atoms with Crippen molar-refractivity contribution in [2.75, 3.05) is 26.7 Å². The lowest BCUT2D eigenvalue weighted by Crippen LogP contribution is -2.32. The Hall–Kier alpha value is -5.48. The first-order valence-electron chi connectivity index (χ1n) is 15.3. The molecule has 1 unspecified atom stereocenters. The zero-order chi connectivity index (χ0) is 33.2. The number of nitrogens with zero attached hydrogens (tertiary/aromatic N) is 1. The van der Waals surface area contributed by atoms with E-state index in [0.29, 0.717) is 62.4 Å². The van der Waals surface area contributed by atoms with Gasteiger partial charge in [0.05, 0.1) is 12.1 Å². The number of aliphatic hydroxyl groups excluding tert-OH is 1. The lowest BCUT2D eigenvalue weighted by molar-refractivity contribution is 0.0124. The number of benzene rings is 4. The van der Waals surface area contributed by atoms with Crippen LogP contribution in [0.15, 0.2) is 89.3 Å². The molecule has 0 spiro atoms. The summed E-state index contributed by atoms with van der Waals surface area (Å²) in [6, 6.07) is 23.0. The molecule has 0 bridgehead atoms. The van der Waals surface area contributed by atoms with Crippen LogP contribution in [-0.4, -0.2) is 54.5 Å². The Kier molecular flexibility index (Phi) is 8.78. The third-order valence-electron chi connectivity index (χ3n) is 8.09. The fraction of sp³-hybridized carbons (Fsp3) is 0.216. The Morgan fingerprint density at radius 3 is 2.43 bits per heavy atom. The fourth-order valence-electron chi connectivity index (χ4n) is 5.67. The molecule has 4 aromatic carbocycles. The van der Waals surface area contributed by atoms with E-state index in [1.807, 2.05) is 13.8 Å². The van der Waals surface area contributed by atoms with Gasteiger partial charge in [0.1, 0.15) is 29.5 Å². The van der Waals surface area contributed by atoms with Crippen molar-refractivity contribution >= 4 is 28.7 Å². The zero-order valence-corrected chi connectivity index (χ0v) is 26.2. The highest BCUT2D eigenvalue weighted by Crippen LogP contribution is 2.39. The van der Waals surface area contributed by atoms with Crippen LogP contribution in [-0.2, 0) is 0 Å². The smallest absolute Gasteiger partial charge is 0.256 e. The molecule has 9 nitrogen and oxygen atoms in total. The van der Waals surface area contributed by atoms with Gasteiger partial charge >= 0.3 is 0 Å². The van der Waals surface area contributed by atoms with E-state index in [0.717, 1.165) is 0 Å². The van der Waals surface area contributed by atoms with Gasteiger partial charge in [0.25, 0.3) is 17.7 Å². The van der Waals surface area contributed by atoms with Crippen LogP contribution < -0.4 is 15.4 Å². The minimum absolute atomic E-state index is 0.0643. The Morgan fingerprint density at radius 2 is 1.70 bits per heavy atom. The second kappa shape index (κ2) is 13.1. The first kappa shape index (κ1) is 31.5. The van der Waals surface area contributed by atoms with E-state index in [1.54, 1.807) is 72.8 Å². The van der Waals surface area contributed by atoms with Crippen molar-refractivity contribution in [3.8, 4) is 28.2 Å². The van der Waals surface area contributed by atoms with Gasteiger partial charge in [-0.3, -0.25) is 14.4 Å². The van der Waals surface area contributed by atoms with E-state index < -0.39 is 12.0 Å². The maximum absolute atomic E-state index is 13.7. The number of ether oxygens (including phenoxy) is 1. The van der Waals surface area contributed by atoms with Crippen molar-refractivity contribution in [3.05, 3.63) is 113 Å². The molecule has 47 heavy (non-hydrogen) atoms. The largest absolute Gasteiger partial charge is 0.491 e. The number of carbonyl (C=O) groups is 3. The van der Waals surface area contributed by atoms with Gasteiger partial charge in [-0.05, 0) is 72.1 Å². The molecule has 1 aliphatic heterocycles. The molecular formula is C37H34FN3O6. The highest BCUT2D eigenvalue weighted by Gasteiger charge is 2.34. The van der Waals surface area contributed by atoms with Crippen molar-refractivity contribution in [2.45, 2.75) is 20.1 Å². The number of fused-ring (bicyclic) bond motifs is 2. The Bertz CT molecular complexity index is 1980. The van der Waals surface area contributed by atoms with Gasteiger partial charge in [0.2, 0.25) is 0 Å². The summed E-state index contributed by atoms with van der Waals surface area (Å²) in [5, 5.41) is 16.9. The summed E-state index contributed by atoms with van der Waals surface area (Å²) in [6.45, 7) is 4.70. The second-order valence-corrected chi connectivity index (χ2v) is 11.7. The van der Waals surface area contributed by atoms with E-state index in [-0.39, 0.29) is 42.4 Å². The number of carbonyl (C=O) groups excluding carboxylic acids is 3. The van der Waals surface area contributed by atoms with E-state index >= 15 is 0 Å². The van der Waals surface area contributed by atoms with Crippen molar-refractivity contribution in [1.29, 1.82) is 0 Å². The monoisotopic (exact) mass is 635 g/mol. The molecule has 3 amide bonds. The van der Waals surface area contributed by atoms with E-state index in [9.17, 15) is 23.9 Å². The van der Waals surface area contributed by atoms with Crippen LogP contribution in [0.5, 0.6) is 5.75 Å². The standard InChI is InChI=1S/C37H34FN3O6/c1-21(2)20-40-34(42)24-11-14-30(46-17-16-41-36(44)26-6-4-5-7-27(26)37(41)45)28(19-24)23-10-15-31-29(18-23)32(35(43)39-3)33(47-31)22-8-12-25(38)13-9-22/h4-15,18-19,21,36,44H,16-17,20H2,1-3H3,(H,39,43)(H,40,42). The fourth-order valence-corrected chi connectivity index (χ4v) is 5.67. The molecule has 1 atom stereocenters. The Balaban J connectivity index is 1.37. The lowest BCUT2D eigenvalue weighted by Gasteiger charge is -2.21. The number of hydrogen-bond donors (Lipinski definition) is 3. The molecule has 3 N–H and O–H groups in total. The first-order valence-corrected chi connectivity index (χ1v) is 15.3. The third kappa shape index (κ3) is 6.19. The quantitative estimate of drug-likeness (QED) is 0.169. The predicted molar refractivity (Wildman–Crippen MR) is 176 cm³/mol. The summed E-state index contributed by atoms with van der Waals surface area (Å²) < 4.78 is 26.0. The van der Waals surface area contributed by atoms with E-state index in [1.165, 1.54) is 24.1 Å². The van der Waals surface area contributed by atoms with Crippen LogP contribution in [0.25, 0.3) is 33.4 Å². The van der Waals surface area contributed by atoms with Crippen LogP contribution in [0.1, 0.15) is 56.7 Å². The lowest BCUT2D eigenvalue weighted by atomic mass is 9.98. The molecule has 0 saturated heterocycles. The van der Waals surface area contributed by atoms with Gasteiger partial charge in [0.15, 0.2) is 6.23 Å². The van der Waals surface area contributed by atoms with Gasteiger partial charge in [0, 0.05) is 46.8 Å². The SMILES string of the molecule is CNC(=O)c1c(-c2ccc(F)cc2)oc2ccc(-c3cc(C(=O)NCC(C)C)ccc3OCCN3C(=O)c4ccccc4C3O)cc12. The molecule has 1 aliphatic rings. The minimum Gasteiger partial charge on any atom is -0.491 e. The number of halogens is 1. The van der Waals surface area contributed by atoms with Crippen LogP contribution >= 0.6 is 0 Å². The Morgan fingerprint density at radius 1 is 0.957 bits per heavy atom. The molecule has 0 saturated carbocycles. The summed E-state index contributed by atoms with van der Waals surface area (Å²) >= 11 is 0. The van der Waals surface area contributed by atoms with Gasteiger partial charge < -0.3 is 29.8 Å². The first-order chi connectivity index (χ1) is 22.7. The maximum Gasteiger partial charge on any atom is 0.256 e. The van der Waals surface area contributed by atoms with Crippen molar-refractivity contribution in [3.63, 3.8) is 0 Å². The van der Waals surface area contributed by atoms with Crippen molar-refractivity contribution in [2.24, 2.45) is 5.92 Å². The topological polar surface area (TPSA) is 121 Å². The molecule has 240 valence electrons. The second-order valence-electron chi connectivity index (χ2n) is 11.7. The molecule has 6 rings (SSSR count). The van der Waals surface area contributed by atoms with Gasteiger partial charge in [-0.25, -0.2) is 4.39 Å². The van der Waals surface area contributed by atoms with Gasteiger partial charge in [-0.2, -0.15) is 0 Å². The van der Waals surface area contributed by atoms with Crippen molar-refractivity contribution < 1.29 is 33.0 Å². The molecule has 10 heteroatoms. The molecule has 5 aromatic rings. The van der Waals surface area contributed by atoms with Crippen LogP contribution in [0, 0.1) is 11.7 Å². The normalized spacial score (nSPS) is 14.0. The van der Waals surface area contributed by atoms with Crippen LogP contribution in [0.2, 0.25) is 0 Å². The van der Waals surface area contributed by atoms with Gasteiger partial charge in [-0.15, -0.1) is 0 Å². The van der Waals surface area contributed by atoms with Gasteiger partial charge in [-0.1, -0.05) is 38.1 Å². The summed E-state index contributed by atoms with van der Waals surface area (Å²) in [5.74, 6) is -0.322. The molecular weight excluding hydrogens is 601 g/mol. The van der Waals surface area contributed by atoms with Crippen LogP contribution in [0.3, 0.4) is 0 Å². The maximum atomic E-state index is 13.7. The summed E-state index contributed by atoms with van der Waals surface area (Å²) in [4.78, 5) is 40.5. The highest BCUT2D eigenvalue weighted by atomic mass is 19.1. The predicted octanol–water partition coefficient (Wildman–Crippen LogP) is 6.18. The van der Waals surface area contributed by atoms with E-state index in [4.69, 9.17) is 9.15 Å². The van der Waals surface area contributed by atoms with Crippen LogP contribution in [0.4, 0.5) is 4.39 Å². The molecule has 1 aromatic heterocycles. The third-order valence-corrected chi connectivity index (χ3v) is 8.09. The zero-order valence-electron chi connectivity index (χ0n) is 26.2. The molecule has 2 heterocycles. The Labute approximate surface area is 271 Å². The highest BCUT2D eigenvalue weighted by molar-refractivity contribution is 6.12. The molecule has 0 radical (unpaired) electrons. The van der Waals surface area contributed by atoms with E-state index in [2.05, 4.69) is 10.6 Å². The number of aliphatic hydroxyl groups is 1. The summed E-state index contributed by atoms with van der Waals surface area (Å²) in [7, 11) is 1.52. The number of rotatable bonds is 10. The average Bonchev–Trinajstić information content (AvgIpc) is 3.58.